The van der Waals surface area contributed by atoms with Crippen molar-refractivity contribution in [3.8, 4) is 11.5 Å². The van der Waals surface area contributed by atoms with Gasteiger partial charge in [-0.25, -0.2) is 0 Å². The normalized spacial score (nSPS) is 21.4. The van der Waals surface area contributed by atoms with Crippen LogP contribution in [0.5, 0.6) is 11.5 Å². The van der Waals surface area contributed by atoms with Gasteiger partial charge in [-0.05, 0) is 23.6 Å². The van der Waals surface area contributed by atoms with E-state index in [0.29, 0.717) is 4.59 Å². The lowest BCUT2D eigenvalue weighted by molar-refractivity contribution is 0.474. The number of hydrogen-bond acceptors (Lipinski definition) is 3. The molecule has 1 atom stereocenters. The second-order valence-corrected chi connectivity index (χ2v) is 4.97. The van der Waals surface area contributed by atoms with Crippen LogP contribution in [0.2, 0.25) is 0 Å². The van der Waals surface area contributed by atoms with Crippen LogP contribution in [0.1, 0.15) is 0 Å². The Balaban J connectivity index is 1.81. The Hall–Kier alpha value is -1.91. The maximum Gasteiger partial charge on any atom is 0.164 e. The van der Waals surface area contributed by atoms with Gasteiger partial charge >= 0.3 is 0 Å². The van der Waals surface area contributed by atoms with Crippen LogP contribution < -0.4 is 9.33 Å². The number of hydrogen-bond donors (Lipinski definition) is 0. The first-order valence-corrected chi connectivity index (χ1v) is 6.61. The van der Waals surface area contributed by atoms with Crippen molar-refractivity contribution in [3.63, 3.8) is 0 Å². The van der Waals surface area contributed by atoms with Crippen LogP contribution in [-0.4, -0.2) is 13.3 Å². The Bertz CT molecular complexity index is 573. The smallest absolute Gasteiger partial charge is 0.164 e. The van der Waals surface area contributed by atoms with E-state index < -0.39 is 0 Å². The van der Waals surface area contributed by atoms with Crippen molar-refractivity contribution in [1.82, 2.24) is 4.59 Å². The highest BCUT2D eigenvalue weighted by Gasteiger charge is 2.23. The highest BCUT2D eigenvalue weighted by atomic mass is 32.1. The summed E-state index contributed by atoms with van der Waals surface area (Å²) >= 11 is 1.63. The van der Waals surface area contributed by atoms with E-state index in [4.69, 9.17) is 4.74 Å². The Morgan fingerprint density at radius 3 is 2.56 bits per heavy atom. The number of benzene rings is 1. The van der Waals surface area contributed by atoms with Crippen LogP contribution in [-0.2, 0) is 0 Å². The fourth-order valence-electron chi connectivity index (χ4n) is 1.84. The summed E-state index contributed by atoms with van der Waals surface area (Å²) < 4.78 is 6.17. The Morgan fingerprint density at radius 1 is 1.11 bits per heavy atom. The molecule has 0 spiro atoms. The number of nitrogens with zero attached hydrogens (tertiary/aromatic N) is 2. The molecular weight excluding hydrogens is 244 g/mol. The van der Waals surface area contributed by atoms with E-state index in [2.05, 4.69) is 5.10 Å². The highest BCUT2D eigenvalue weighted by Crippen LogP contribution is 2.29. The fourth-order valence-corrected chi connectivity index (χ4v) is 2.39. The molecule has 2 heterocycles. The van der Waals surface area contributed by atoms with Gasteiger partial charge in [0.1, 0.15) is 24.7 Å². The molecule has 3 nitrogen and oxygen atoms in total. The van der Waals surface area contributed by atoms with Crippen LogP contribution in [0, 0.1) is 0 Å². The molecule has 90 valence electrons. The van der Waals surface area contributed by atoms with Gasteiger partial charge in [-0.3, -0.25) is 0 Å². The predicted molar refractivity (Wildman–Crippen MR) is 76.2 cm³/mol. The third-order valence-electron chi connectivity index (χ3n) is 2.86. The van der Waals surface area contributed by atoms with Gasteiger partial charge in [0.2, 0.25) is 0 Å². The molecule has 1 unspecified atom stereocenters. The molecule has 0 amide bonds. The Kier molecular flexibility index (Phi) is 2.74. The number of quaternary nitrogens is 1. The first-order chi connectivity index (χ1) is 8.76. The summed E-state index contributed by atoms with van der Waals surface area (Å²) in [5, 5.41) is 8.39. The van der Waals surface area contributed by atoms with E-state index in [1.54, 1.807) is 11.3 Å². The van der Waals surface area contributed by atoms with Crippen LogP contribution >= 0.6 is 11.3 Å². The van der Waals surface area contributed by atoms with Crippen molar-refractivity contribution in [3.05, 3.63) is 53.4 Å². The van der Waals surface area contributed by atoms with Gasteiger partial charge < -0.3 is 4.74 Å². The average molecular weight is 257 g/mol. The van der Waals surface area contributed by atoms with Crippen molar-refractivity contribution in [2.24, 2.45) is 5.10 Å². The molecule has 1 aliphatic heterocycles. The van der Waals surface area contributed by atoms with Crippen LogP contribution in [0.4, 0.5) is 5.69 Å². The lowest BCUT2D eigenvalue weighted by Crippen LogP contribution is -2.29. The summed E-state index contributed by atoms with van der Waals surface area (Å²) in [6.07, 6.45) is 5.81. The molecule has 0 N–H and O–H groups in total. The molecule has 0 aliphatic carbocycles. The molecule has 1 aromatic heterocycles. The third-order valence-corrected chi connectivity index (χ3v) is 3.52. The van der Waals surface area contributed by atoms with Crippen molar-refractivity contribution in [2.45, 2.75) is 0 Å². The summed E-state index contributed by atoms with van der Waals surface area (Å²) in [7, 11) is 2.04. The number of ether oxygens (including phenoxy) is 1. The Labute approximate surface area is 110 Å². The topological polar surface area (TPSA) is 21.6 Å². The van der Waals surface area contributed by atoms with E-state index in [9.17, 15) is 0 Å². The van der Waals surface area contributed by atoms with Crippen molar-refractivity contribution < 1.29 is 4.74 Å². The predicted octanol–water partition coefficient (Wildman–Crippen LogP) is 3.99. The zero-order valence-corrected chi connectivity index (χ0v) is 10.8. The third kappa shape index (κ3) is 2.08. The molecule has 0 saturated heterocycles. The van der Waals surface area contributed by atoms with E-state index in [1.807, 2.05) is 66.6 Å². The molecule has 0 radical (unpaired) electrons. The van der Waals surface area contributed by atoms with Crippen molar-refractivity contribution >= 4 is 23.2 Å². The van der Waals surface area contributed by atoms with Gasteiger partial charge in [-0.1, -0.05) is 5.10 Å². The minimum Gasteiger partial charge on any atom is -0.456 e. The number of thiophene rings is 1. The summed E-state index contributed by atoms with van der Waals surface area (Å²) in [6.45, 7) is 0. The number of rotatable bonds is 3. The van der Waals surface area contributed by atoms with Crippen LogP contribution in [0.3, 0.4) is 0 Å². The fraction of sp³-hybridized carbons (Fsp3) is 0.0714. The molecule has 0 fully saturated rings. The molecule has 18 heavy (non-hydrogen) atoms. The second kappa shape index (κ2) is 4.40. The van der Waals surface area contributed by atoms with E-state index in [1.165, 1.54) is 0 Å². The van der Waals surface area contributed by atoms with Gasteiger partial charge in [-0.2, -0.15) is 0 Å². The second-order valence-electron chi connectivity index (χ2n) is 4.19. The minimum atomic E-state index is 0.457. The summed E-state index contributed by atoms with van der Waals surface area (Å²) in [6, 6.07) is 9.97. The maximum atomic E-state index is 5.72. The first-order valence-electron chi connectivity index (χ1n) is 5.67. The standard InChI is InChI=1S/C14H13N2OS/c1-16(9-2-8-15-16)12-3-5-13(6-4-12)17-14-7-10-18-11-14/h2-11H,1H3/q+1. The van der Waals surface area contributed by atoms with Crippen molar-refractivity contribution in [2.75, 3.05) is 7.05 Å². The minimum absolute atomic E-state index is 0.457. The van der Waals surface area contributed by atoms with Crippen LogP contribution in [0.15, 0.2) is 58.5 Å². The van der Waals surface area contributed by atoms with Gasteiger partial charge in [0.15, 0.2) is 5.69 Å². The molecule has 2 aromatic rings. The van der Waals surface area contributed by atoms with Crippen molar-refractivity contribution in [1.29, 1.82) is 0 Å². The monoisotopic (exact) mass is 257 g/mol. The molecule has 1 aromatic carbocycles. The summed E-state index contributed by atoms with van der Waals surface area (Å²) in [4.78, 5) is 0. The first kappa shape index (κ1) is 11.2. The van der Waals surface area contributed by atoms with E-state index >= 15 is 0 Å². The SMILES string of the molecule is C[N+]1(c2ccc(Oc3ccsc3)cc2)C=CC=N1. The molecule has 4 heteroatoms. The Morgan fingerprint density at radius 2 is 1.94 bits per heavy atom. The molecule has 0 saturated carbocycles. The van der Waals surface area contributed by atoms with E-state index in [-0.39, 0.29) is 0 Å². The molecule has 0 bridgehead atoms. The van der Waals surface area contributed by atoms with Gasteiger partial charge in [0.05, 0.1) is 6.21 Å². The molecular formula is C14H13N2OS+. The molecule has 1 aliphatic rings. The quantitative estimate of drug-likeness (QED) is 0.762. The lowest BCUT2D eigenvalue weighted by Gasteiger charge is -2.19. The summed E-state index contributed by atoms with van der Waals surface area (Å²) in [5.41, 5.74) is 1.11. The average Bonchev–Trinajstić information content (AvgIpc) is 3.03. The van der Waals surface area contributed by atoms with Gasteiger partial charge in [0.25, 0.3) is 0 Å². The zero-order chi connectivity index (χ0) is 12.4. The largest absolute Gasteiger partial charge is 0.456 e. The zero-order valence-electron chi connectivity index (χ0n) is 9.98. The van der Waals surface area contributed by atoms with Gasteiger partial charge in [0, 0.05) is 23.6 Å². The maximum absolute atomic E-state index is 5.72. The summed E-state index contributed by atoms with van der Waals surface area (Å²) in [5.74, 6) is 1.73. The molecule has 3 rings (SSSR count). The lowest BCUT2D eigenvalue weighted by atomic mass is 10.3. The number of allylic oxidation sites excluding steroid dienone is 1. The highest BCUT2D eigenvalue weighted by molar-refractivity contribution is 7.08. The van der Waals surface area contributed by atoms with E-state index in [0.717, 1.165) is 17.2 Å². The van der Waals surface area contributed by atoms with Gasteiger partial charge in [-0.15, -0.1) is 15.9 Å². The van der Waals surface area contributed by atoms with Crippen LogP contribution in [0.25, 0.3) is 0 Å².